The number of nitrogens with two attached hydrogens (primary N) is 1. The van der Waals surface area contributed by atoms with Gasteiger partial charge in [-0.05, 0) is 70.5 Å². The molecule has 200 valence electrons. The highest BCUT2D eigenvalue weighted by Crippen LogP contribution is 2.37. The van der Waals surface area contributed by atoms with Crippen molar-refractivity contribution in [3.63, 3.8) is 0 Å². The number of rotatable bonds is 10. The van der Waals surface area contributed by atoms with Gasteiger partial charge in [-0.3, -0.25) is 0 Å². The van der Waals surface area contributed by atoms with Gasteiger partial charge in [-0.2, -0.15) is 13.2 Å². The van der Waals surface area contributed by atoms with E-state index >= 15 is 0 Å². The molecule has 35 heavy (non-hydrogen) atoms. The number of ether oxygens (including phenoxy) is 2. The Hall–Kier alpha value is -2.07. The highest BCUT2D eigenvalue weighted by molar-refractivity contribution is 7.08. The van der Waals surface area contributed by atoms with E-state index < -0.39 is 24.1 Å². The normalized spacial score (nSPS) is 12.0. The van der Waals surface area contributed by atoms with Crippen molar-refractivity contribution in [2.45, 2.75) is 58.1 Å². The highest BCUT2D eigenvalue weighted by Gasteiger charge is 2.34. The van der Waals surface area contributed by atoms with Crippen LogP contribution in [0.5, 0.6) is 11.5 Å². The van der Waals surface area contributed by atoms with Crippen molar-refractivity contribution in [3.05, 3.63) is 59.2 Å². The molecule has 0 fully saturated rings. The Kier molecular flexibility index (Phi) is 15.6. The van der Waals surface area contributed by atoms with Crippen LogP contribution in [0.2, 0.25) is 0 Å². The van der Waals surface area contributed by atoms with Crippen molar-refractivity contribution in [3.8, 4) is 11.5 Å². The first kappa shape index (κ1) is 32.9. The van der Waals surface area contributed by atoms with E-state index in [1.807, 2.05) is 13.8 Å². The van der Waals surface area contributed by atoms with Crippen LogP contribution in [0.25, 0.3) is 0 Å². The average Bonchev–Trinajstić information content (AvgIpc) is 2.81. The van der Waals surface area contributed by atoms with Gasteiger partial charge in [0.15, 0.2) is 0 Å². The molecule has 0 saturated heterocycles. The summed E-state index contributed by atoms with van der Waals surface area (Å²) >= 11 is 0. The Labute approximate surface area is 203 Å². The van der Waals surface area contributed by atoms with Crippen LogP contribution in [0.1, 0.15) is 43.4 Å². The molecule has 0 spiro atoms. The minimum Gasteiger partial charge on any atom is -0.493 e. The molecule has 0 aliphatic rings. The van der Waals surface area contributed by atoms with Crippen LogP contribution < -0.4 is 15.2 Å². The summed E-state index contributed by atoms with van der Waals surface area (Å²) in [5, 5.41) is 8.93. The van der Waals surface area contributed by atoms with Crippen LogP contribution in [-0.2, 0) is 19.0 Å². The van der Waals surface area contributed by atoms with Gasteiger partial charge >= 0.3 is 12.5 Å². The molecule has 0 amide bonds. The minimum atomic E-state index is -4.80. The largest absolute Gasteiger partial charge is 0.573 e. The van der Waals surface area contributed by atoms with E-state index in [0.29, 0.717) is 30.4 Å². The zero-order chi connectivity index (χ0) is 27.1. The molecule has 0 aliphatic carbocycles. The molecule has 2 aromatic carbocycles. The molecule has 5 nitrogen and oxygen atoms in total. The number of alkyl halides is 6. The van der Waals surface area contributed by atoms with Gasteiger partial charge in [0.05, 0.1) is 18.8 Å². The summed E-state index contributed by atoms with van der Waals surface area (Å²) in [6.45, 7) is 3.70. The summed E-state index contributed by atoms with van der Waals surface area (Å²) in [5.74, 6) is -0.682. The van der Waals surface area contributed by atoms with Gasteiger partial charge in [0.25, 0.3) is 0 Å². The SMILES string of the molecule is CC.NC(CO)CCc1ccc(OCCCc2cccc(OC(F)(F)F)c2)c(C(F)(F)F)c1.OP. The monoisotopic (exact) mass is 531 g/mol. The molecule has 0 heterocycles. The summed E-state index contributed by atoms with van der Waals surface area (Å²) in [6, 6.07) is 8.62. The van der Waals surface area contributed by atoms with E-state index in [4.69, 9.17) is 20.5 Å². The average molecular weight is 531 g/mol. The van der Waals surface area contributed by atoms with E-state index in [2.05, 4.69) is 4.74 Å². The molecule has 0 aromatic heterocycles. The zero-order valence-corrected chi connectivity index (χ0v) is 20.6. The van der Waals surface area contributed by atoms with Crippen molar-refractivity contribution in [1.82, 2.24) is 0 Å². The molecular weight excluding hydrogens is 499 g/mol. The first-order valence-electron chi connectivity index (χ1n) is 10.8. The summed E-state index contributed by atoms with van der Waals surface area (Å²) in [7, 11) is 1.42. The number of hydrogen-bond donors (Lipinski definition) is 3. The first-order chi connectivity index (χ1) is 16.5. The number of benzene rings is 2. The molecule has 0 bridgehead atoms. The van der Waals surface area contributed by atoms with Gasteiger partial charge in [-0.1, -0.05) is 32.0 Å². The molecule has 4 N–H and O–H groups in total. The smallest absolute Gasteiger partial charge is 0.493 e. The number of aliphatic hydroxyl groups is 1. The third-order valence-electron chi connectivity index (χ3n) is 4.39. The van der Waals surface area contributed by atoms with Crippen molar-refractivity contribution in [2.75, 3.05) is 13.2 Å². The fraction of sp³-hybridized carbons (Fsp3) is 0.478. The van der Waals surface area contributed by atoms with E-state index in [-0.39, 0.29) is 31.1 Å². The Morgan fingerprint density at radius 3 is 2.14 bits per heavy atom. The lowest BCUT2D eigenvalue weighted by Gasteiger charge is -2.16. The van der Waals surface area contributed by atoms with Crippen LogP contribution in [0.3, 0.4) is 0 Å². The molecule has 12 heteroatoms. The van der Waals surface area contributed by atoms with Gasteiger partial charge in [0.1, 0.15) is 11.5 Å². The number of hydrogen-bond acceptors (Lipinski definition) is 5. The van der Waals surface area contributed by atoms with Gasteiger partial charge in [0.2, 0.25) is 0 Å². The summed E-state index contributed by atoms with van der Waals surface area (Å²) < 4.78 is 86.2. The second-order valence-electron chi connectivity index (χ2n) is 6.96. The maximum atomic E-state index is 13.4. The Bertz CT molecular complexity index is 849. The number of aliphatic hydroxyl groups excluding tert-OH is 1. The molecule has 2 aromatic rings. The maximum absolute atomic E-state index is 13.4. The maximum Gasteiger partial charge on any atom is 0.573 e. The Balaban J connectivity index is 0.00000274. The van der Waals surface area contributed by atoms with Crippen LogP contribution >= 0.6 is 9.47 Å². The van der Waals surface area contributed by atoms with Gasteiger partial charge in [-0.15, -0.1) is 13.2 Å². The Morgan fingerprint density at radius 1 is 0.943 bits per heavy atom. The predicted molar refractivity (Wildman–Crippen MR) is 125 cm³/mol. The summed E-state index contributed by atoms with van der Waals surface area (Å²) in [4.78, 5) is 6.92. The fourth-order valence-electron chi connectivity index (χ4n) is 2.88. The lowest BCUT2D eigenvalue weighted by Crippen LogP contribution is -2.24. The third kappa shape index (κ3) is 13.6. The molecule has 2 rings (SSSR count). The topological polar surface area (TPSA) is 84.9 Å². The molecule has 2 atom stereocenters. The van der Waals surface area contributed by atoms with E-state index in [0.717, 1.165) is 12.1 Å². The van der Waals surface area contributed by atoms with Gasteiger partial charge in [0, 0.05) is 6.04 Å². The van der Waals surface area contributed by atoms with E-state index in [9.17, 15) is 26.3 Å². The first-order valence-corrected chi connectivity index (χ1v) is 11.3. The second-order valence-corrected chi connectivity index (χ2v) is 6.96. The second kappa shape index (κ2) is 16.6. The lowest BCUT2D eigenvalue weighted by atomic mass is 10.0. The van der Waals surface area contributed by atoms with Crippen LogP contribution in [-0.4, -0.2) is 35.6 Å². The molecule has 0 radical (unpaired) electrons. The summed E-state index contributed by atoms with van der Waals surface area (Å²) in [5.41, 5.74) is 5.63. The number of aryl methyl sites for hydroxylation is 2. The van der Waals surface area contributed by atoms with Crippen LogP contribution in [0.4, 0.5) is 26.3 Å². The lowest BCUT2D eigenvalue weighted by molar-refractivity contribution is -0.274. The quantitative estimate of drug-likeness (QED) is 0.209. The fourth-order valence-corrected chi connectivity index (χ4v) is 2.88. The van der Waals surface area contributed by atoms with Gasteiger partial charge < -0.3 is 25.2 Å². The van der Waals surface area contributed by atoms with Crippen molar-refractivity contribution in [2.24, 2.45) is 5.73 Å². The third-order valence-corrected chi connectivity index (χ3v) is 4.39. The van der Waals surface area contributed by atoms with Crippen molar-refractivity contribution in [1.29, 1.82) is 0 Å². The molecule has 0 aliphatic heterocycles. The van der Waals surface area contributed by atoms with Gasteiger partial charge in [-0.25, -0.2) is 0 Å². The summed E-state index contributed by atoms with van der Waals surface area (Å²) in [6.07, 6.45) is -8.21. The Morgan fingerprint density at radius 2 is 1.57 bits per heavy atom. The zero-order valence-electron chi connectivity index (χ0n) is 19.5. The molecular formula is C23H32F6NO4P. The number of halogens is 6. The van der Waals surface area contributed by atoms with Crippen LogP contribution in [0, 0.1) is 0 Å². The van der Waals surface area contributed by atoms with Crippen LogP contribution in [0.15, 0.2) is 42.5 Å². The van der Waals surface area contributed by atoms with Crippen molar-refractivity contribution >= 4 is 9.47 Å². The standard InChI is InChI=1S/C21H23F6NO3.C2H6.H3OP/c22-20(23,24)18-12-15(6-8-16(28)13-29)7-9-19(18)30-10-2-4-14-3-1-5-17(11-14)31-21(25,26)27;2*1-2/h1,3,5,7,9,11-12,16,29H,2,4,6,8,10,13,28H2;1-2H3;1H,2H2. The minimum absolute atomic E-state index is 0.0534. The predicted octanol–water partition coefficient (Wildman–Crippen LogP) is 5.66. The molecule has 2 unspecified atom stereocenters. The highest BCUT2D eigenvalue weighted by atomic mass is 31.0. The van der Waals surface area contributed by atoms with E-state index in [1.54, 1.807) is 6.07 Å². The molecule has 0 saturated carbocycles. The van der Waals surface area contributed by atoms with Crippen molar-refractivity contribution < 1.29 is 45.8 Å². The van der Waals surface area contributed by atoms with E-state index in [1.165, 1.54) is 33.7 Å².